The smallest absolute Gasteiger partial charge is 0.0694 e. The van der Waals surface area contributed by atoms with Crippen LogP contribution < -0.4 is 0 Å². The Bertz CT molecular complexity index is 591. The van der Waals surface area contributed by atoms with Gasteiger partial charge in [-0.3, -0.25) is 0 Å². The van der Waals surface area contributed by atoms with Gasteiger partial charge in [0.05, 0.1) is 22.8 Å². The summed E-state index contributed by atoms with van der Waals surface area (Å²) in [7, 11) is 0. The molecule has 0 aliphatic rings. The quantitative estimate of drug-likeness (QED) is 0.857. The first-order valence-electron chi connectivity index (χ1n) is 7.60. The van der Waals surface area contributed by atoms with Crippen molar-refractivity contribution in [3.8, 4) is 0 Å². The van der Waals surface area contributed by atoms with Crippen LogP contribution in [0.2, 0.25) is 0 Å². The summed E-state index contributed by atoms with van der Waals surface area (Å²) in [5.41, 5.74) is 6.27. The van der Waals surface area contributed by atoms with Crippen molar-refractivity contribution in [2.45, 2.75) is 60.8 Å². The van der Waals surface area contributed by atoms with Crippen molar-refractivity contribution in [1.29, 1.82) is 0 Å². The Labute approximate surface area is 128 Å². The van der Waals surface area contributed by atoms with Crippen LogP contribution in [0.3, 0.4) is 0 Å². The van der Waals surface area contributed by atoms with Gasteiger partial charge in [-0.1, -0.05) is 27.7 Å². The lowest BCUT2D eigenvalue weighted by Gasteiger charge is -2.09. The number of hydrogen-bond acceptors (Lipinski definition) is 4. The molecule has 0 amide bonds. The molecule has 0 N–H and O–H groups in total. The van der Waals surface area contributed by atoms with Gasteiger partial charge in [0.1, 0.15) is 0 Å². The lowest BCUT2D eigenvalue weighted by molar-refractivity contribution is 0.755. The molecule has 114 valence electrons. The molecular weight excluding hydrogens is 260 g/mol. The zero-order valence-corrected chi connectivity index (χ0v) is 14.2. The summed E-state index contributed by atoms with van der Waals surface area (Å²) in [4.78, 5) is 0. The van der Waals surface area contributed by atoms with Gasteiger partial charge in [-0.25, -0.2) is 0 Å². The first-order chi connectivity index (χ1) is 9.97. The highest BCUT2D eigenvalue weighted by Crippen LogP contribution is 2.17. The molecule has 0 radical (unpaired) electrons. The summed E-state index contributed by atoms with van der Waals surface area (Å²) in [6, 6.07) is 4.16. The summed E-state index contributed by atoms with van der Waals surface area (Å²) in [5, 5.41) is 17.0. The molecule has 2 heterocycles. The van der Waals surface area contributed by atoms with E-state index in [4.69, 9.17) is 0 Å². The Balaban J connectivity index is 0.00000106. The molecule has 0 aliphatic heterocycles. The van der Waals surface area contributed by atoms with Crippen LogP contribution in [0.25, 0.3) is 0 Å². The molecule has 2 rings (SSSR count). The van der Waals surface area contributed by atoms with E-state index in [1.165, 1.54) is 5.56 Å². The molecule has 0 atom stereocenters. The fourth-order valence-corrected chi connectivity index (χ4v) is 2.08. The molecular formula is C17H26N4. The van der Waals surface area contributed by atoms with E-state index < -0.39 is 0 Å². The fraction of sp³-hybridized carbons (Fsp3) is 0.529. The van der Waals surface area contributed by atoms with Gasteiger partial charge in [-0.15, -0.1) is 0 Å². The molecule has 0 aliphatic carbocycles. The maximum absolute atomic E-state index is 4.32. The topological polar surface area (TPSA) is 51.6 Å². The van der Waals surface area contributed by atoms with E-state index in [2.05, 4.69) is 53.3 Å². The van der Waals surface area contributed by atoms with Crippen LogP contribution in [-0.2, 0) is 6.42 Å². The van der Waals surface area contributed by atoms with Crippen molar-refractivity contribution in [2.75, 3.05) is 0 Å². The summed E-state index contributed by atoms with van der Waals surface area (Å²) in [5.74, 6) is 0.406. The summed E-state index contributed by atoms with van der Waals surface area (Å²) in [6.45, 7) is 14.4. The summed E-state index contributed by atoms with van der Waals surface area (Å²) < 4.78 is 0. The van der Waals surface area contributed by atoms with Gasteiger partial charge in [0.25, 0.3) is 0 Å². The normalized spacial score (nSPS) is 10.3. The molecule has 2 aromatic heterocycles. The van der Waals surface area contributed by atoms with Crippen molar-refractivity contribution >= 4 is 0 Å². The van der Waals surface area contributed by atoms with Crippen molar-refractivity contribution in [3.63, 3.8) is 0 Å². The average molecular weight is 286 g/mol. The van der Waals surface area contributed by atoms with E-state index in [0.717, 1.165) is 28.3 Å². The van der Waals surface area contributed by atoms with E-state index in [0.29, 0.717) is 12.3 Å². The number of rotatable bonds is 3. The van der Waals surface area contributed by atoms with Gasteiger partial charge >= 0.3 is 0 Å². The van der Waals surface area contributed by atoms with Crippen molar-refractivity contribution in [3.05, 3.63) is 46.0 Å². The second-order valence-corrected chi connectivity index (χ2v) is 5.34. The van der Waals surface area contributed by atoms with E-state index in [1.807, 2.05) is 27.7 Å². The van der Waals surface area contributed by atoms with E-state index in [-0.39, 0.29) is 0 Å². The van der Waals surface area contributed by atoms with Crippen LogP contribution in [0.5, 0.6) is 0 Å². The van der Waals surface area contributed by atoms with Crippen LogP contribution in [0, 0.1) is 20.8 Å². The first kappa shape index (κ1) is 17.2. The van der Waals surface area contributed by atoms with Crippen LogP contribution in [-0.4, -0.2) is 20.4 Å². The summed E-state index contributed by atoms with van der Waals surface area (Å²) >= 11 is 0. The maximum Gasteiger partial charge on any atom is 0.0694 e. The Morgan fingerprint density at radius 3 is 1.81 bits per heavy atom. The molecule has 0 unspecified atom stereocenters. The van der Waals surface area contributed by atoms with Gasteiger partial charge in [-0.2, -0.15) is 20.4 Å². The average Bonchev–Trinajstić information content (AvgIpc) is 2.45. The van der Waals surface area contributed by atoms with E-state index in [9.17, 15) is 0 Å². The lowest BCUT2D eigenvalue weighted by atomic mass is 10.0. The monoisotopic (exact) mass is 286 g/mol. The largest absolute Gasteiger partial charge is 0.155 e. The van der Waals surface area contributed by atoms with Crippen LogP contribution in [0.4, 0.5) is 0 Å². The van der Waals surface area contributed by atoms with Gasteiger partial charge < -0.3 is 0 Å². The fourth-order valence-electron chi connectivity index (χ4n) is 2.08. The SMILES string of the molecule is CC.Cc1cc(Cc2cc(C)c(C(C)C)nn2)nnc1C. The minimum Gasteiger partial charge on any atom is -0.155 e. The van der Waals surface area contributed by atoms with Gasteiger partial charge in [0.2, 0.25) is 0 Å². The first-order valence-corrected chi connectivity index (χ1v) is 7.60. The Kier molecular flexibility index (Phi) is 6.40. The molecule has 21 heavy (non-hydrogen) atoms. The second kappa shape index (κ2) is 7.81. The molecule has 4 heteroatoms. The van der Waals surface area contributed by atoms with Crippen molar-refractivity contribution in [1.82, 2.24) is 20.4 Å². The molecule has 4 nitrogen and oxygen atoms in total. The maximum atomic E-state index is 4.32. The third-order valence-corrected chi connectivity index (χ3v) is 3.26. The number of hydrogen-bond donors (Lipinski definition) is 0. The molecule has 0 saturated heterocycles. The molecule has 0 aromatic carbocycles. The number of aromatic nitrogens is 4. The minimum atomic E-state index is 0.406. The van der Waals surface area contributed by atoms with Crippen LogP contribution in [0.1, 0.15) is 67.5 Å². The second-order valence-electron chi connectivity index (χ2n) is 5.34. The zero-order chi connectivity index (χ0) is 16.0. The lowest BCUT2D eigenvalue weighted by Crippen LogP contribution is -2.05. The highest BCUT2D eigenvalue weighted by Gasteiger charge is 2.09. The highest BCUT2D eigenvalue weighted by molar-refractivity contribution is 5.26. The Morgan fingerprint density at radius 2 is 1.33 bits per heavy atom. The molecule has 0 fully saturated rings. The number of aryl methyl sites for hydroxylation is 3. The number of nitrogens with zero attached hydrogens (tertiary/aromatic N) is 4. The predicted octanol–water partition coefficient (Wildman–Crippen LogP) is 3.93. The Morgan fingerprint density at radius 1 is 0.810 bits per heavy atom. The van der Waals surface area contributed by atoms with E-state index in [1.54, 1.807) is 0 Å². The predicted molar refractivity (Wildman–Crippen MR) is 86.5 cm³/mol. The van der Waals surface area contributed by atoms with Crippen molar-refractivity contribution in [2.24, 2.45) is 0 Å². The standard InChI is InChI=1S/C15H20N4.C2H6/c1-9(2)15-11(4)7-14(18-19-15)8-13-6-10(3)12(5)16-17-13;1-2/h6-7,9H,8H2,1-5H3;1-2H3. The van der Waals surface area contributed by atoms with Gasteiger partial charge in [0, 0.05) is 6.42 Å². The third-order valence-electron chi connectivity index (χ3n) is 3.26. The molecule has 0 spiro atoms. The molecule has 0 saturated carbocycles. The van der Waals surface area contributed by atoms with Gasteiger partial charge in [0.15, 0.2) is 0 Å². The molecule has 2 aromatic rings. The van der Waals surface area contributed by atoms with Crippen LogP contribution >= 0.6 is 0 Å². The summed E-state index contributed by atoms with van der Waals surface area (Å²) in [6.07, 6.45) is 0.681. The highest BCUT2D eigenvalue weighted by atomic mass is 15.1. The third kappa shape index (κ3) is 4.59. The Hall–Kier alpha value is -1.84. The minimum absolute atomic E-state index is 0.406. The van der Waals surface area contributed by atoms with Crippen LogP contribution in [0.15, 0.2) is 12.1 Å². The van der Waals surface area contributed by atoms with E-state index >= 15 is 0 Å². The van der Waals surface area contributed by atoms with Gasteiger partial charge in [-0.05, 0) is 49.9 Å². The molecule has 0 bridgehead atoms. The van der Waals surface area contributed by atoms with Crippen molar-refractivity contribution < 1.29 is 0 Å². The zero-order valence-electron chi connectivity index (χ0n) is 14.2.